The van der Waals surface area contributed by atoms with E-state index in [2.05, 4.69) is 11.9 Å². The third-order valence-electron chi connectivity index (χ3n) is 3.75. The molecule has 0 bridgehead atoms. The molecule has 106 valence electrons. The average Bonchev–Trinajstić information content (AvgIpc) is 2.43. The Hall–Kier alpha value is -1.20. The normalized spacial score (nSPS) is 18.5. The second-order valence-electron chi connectivity index (χ2n) is 4.90. The Morgan fingerprint density at radius 3 is 2.53 bits per heavy atom. The van der Waals surface area contributed by atoms with Crippen LogP contribution < -0.4 is 5.73 Å². The second kappa shape index (κ2) is 5.84. The van der Waals surface area contributed by atoms with E-state index in [0.717, 1.165) is 36.3 Å². The molecule has 5 heteroatoms. The first kappa shape index (κ1) is 14.2. The highest BCUT2D eigenvalue weighted by molar-refractivity contribution is 5.41. The lowest BCUT2D eigenvalue weighted by Crippen LogP contribution is -2.38. The summed E-state index contributed by atoms with van der Waals surface area (Å²) in [4.78, 5) is 9.18. The van der Waals surface area contributed by atoms with E-state index in [0.29, 0.717) is 25.6 Å². The molecule has 19 heavy (non-hydrogen) atoms. The molecule has 1 aliphatic heterocycles. The number of hydrogen-bond donors (Lipinski definition) is 1. The zero-order valence-electron chi connectivity index (χ0n) is 12.0. The molecule has 1 aromatic heterocycles. The lowest BCUT2D eigenvalue weighted by atomic mass is 9.92. The Morgan fingerprint density at radius 1 is 1.26 bits per heavy atom. The van der Waals surface area contributed by atoms with Crippen molar-refractivity contribution in [3.63, 3.8) is 0 Å². The van der Waals surface area contributed by atoms with Crippen LogP contribution in [0, 0.1) is 6.92 Å². The summed E-state index contributed by atoms with van der Waals surface area (Å²) < 4.78 is 11.4. The molecule has 0 atom stereocenters. The van der Waals surface area contributed by atoms with Gasteiger partial charge >= 0.3 is 0 Å². The van der Waals surface area contributed by atoms with Gasteiger partial charge in [-0.2, -0.15) is 0 Å². The predicted molar refractivity (Wildman–Crippen MR) is 73.9 cm³/mol. The maximum Gasteiger partial charge on any atom is 0.163 e. The molecule has 1 aromatic rings. The van der Waals surface area contributed by atoms with E-state index in [1.807, 2.05) is 13.8 Å². The SMILES string of the molecule is CCOC1(c2nc(N)c(C)c(CC)n2)CCOCC1. The minimum atomic E-state index is -0.432. The zero-order valence-corrected chi connectivity index (χ0v) is 12.0. The fourth-order valence-electron chi connectivity index (χ4n) is 2.54. The van der Waals surface area contributed by atoms with Gasteiger partial charge in [0.2, 0.25) is 0 Å². The van der Waals surface area contributed by atoms with Crippen LogP contribution in [-0.2, 0) is 21.5 Å². The molecule has 0 unspecified atom stereocenters. The van der Waals surface area contributed by atoms with Crippen molar-refractivity contribution in [3.05, 3.63) is 17.1 Å². The van der Waals surface area contributed by atoms with Crippen LogP contribution in [-0.4, -0.2) is 29.8 Å². The molecule has 1 fully saturated rings. The van der Waals surface area contributed by atoms with E-state index >= 15 is 0 Å². The van der Waals surface area contributed by atoms with Gasteiger partial charge in [-0.05, 0) is 20.3 Å². The van der Waals surface area contributed by atoms with E-state index in [-0.39, 0.29) is 0 Å². The Labute approximate surface area is 114 Å². The number of hydrogen-bond acceptors (Lipinski definition) is 5. The van der Waals surface area contributed by atoms with Crippen molar-refractivity contribution in [3.8, 4) is 0 Å². The van der Waals surface area contributed by atoms with Gasteiger partial charge < -0.3 is 15.2 Å². The monoisotopic (exact) mass is 265 g/mol. The number of nitrogen functional groups attached to an aromatic ring is 1. The number of aryl methyl sites for hydroxylation is 1. The molecule has 2 heterocycles. The van der Waals surface area contributed by atoms with E-state index in [4.69, 9.17) is 20.2 Å². The van der Waals surface area contributed by atoms with Gasteiger partial charge in [-0.25, -0.2) is 9.97 Å². The number of nitrogens with zero attached hydrogens (tertiary/aromatic N) is 2. The summed E-state index contributed by atoms with van der Waals surface area (Å²) in [7, 11) is 0. The van der Waals surface area contributed by atoms with Gasteiger partial charge in [-0.1, -0.05) is 6.92 Å². The standard InChI is InChI=1S/C14H23N3O2/c1-4-11-10(3)12(15)17-13(16-11)14(19-5-2)6-8-18-9-7-14/h4-9H2,1-3H3,(H2,15,16,17). The van der Waals surface area contributed by atoms with Crippen molar-refractivity contribution < 1.29 is 9.47 Å². The molecule has 1 saturated heterocycles. The molecule has 0 saturated carbocycles. The summed E-state index contributed by atoms with van der Waals surface area (Å²) in [6.45, 7) is 8.04. The second-order valence-corrected chi connectivity index (χ2v) is 4.90. The van der Waals surface area contributed by atoms with E-state index in [1.165, 1.54) is 0 Å². The van der Waals surface area contributed by atoms with Gasteiger partial charge in [0.05, 0.1) is 0 Å². The Balaban J connectivity index is 2.44. The minimum Gasteiger partial charge on any atom is -0.383 e. The summed E-state index contributed by atoms with van der Waals surface area (Å²) in [5.41, 5.74) is 7.57. The number of nitrogens with two attached hydrogens (primary N) is 1. The highest BCUT2D eigenvalue weighted by Gasteiger charge is 2.38. The van der Waals surface area contributed by atoms with Crippen molar-refractivity contribution in [1.29, 1.82) is 0 Å². The fraction of sp³-hybridized carbons (Fsp3) is 0.714. The summed E-state index contributed by atoms with van der Waals surface area (Å²) >= 11 is 0. The molecule has 0 aliphatic carbocycles. The third kappa shape index (κ3) is 2.72. The highest BCUT2D eigenvalue weighted by Crippen LogP contribution is 2.35. The van der Waals surface area contributed by atoms with E-state index in [1.54, 1.807) is 0 Å². The van der Waals surface area contributed by atoms with E-state index < -0.39 is 5.60 Å². The fourth-order valence-corrected chi connectivity index (χ4v) is 2.54. The van der Waals surface area contributed by atoms with Crippen LogP contribution in [0.2, 0.25) is 0 Å². The molecule has 1 aliphatic rings. The first-order chi connectivity index (χ1) is 9.13. The third-order valence-corrected chi connectivity index (χ3v) is 3.75. The van der Waals surface area contributed by atoms with Crippen LogP contribution in [0.4, 0.5) is 5.82 Å². The first-order valence-electron chi connectivity index (χ1n) is 6.98. The number of anilines is 1. The molecule has 0 aromatic carbocycles. The van der Waals surface area contributed by atoms with Crippen molar-refractivity contribution in [2.45, 2.75) is 45.6 Å². The van der Waals surface area contributed by atoms with Crippen molar-refractivity contribution >= 4 is 5.82 Å². The van der Waals surface area contributed by atoms with Crippen LogP contribution in [0.1, 0.15) is 43.8 Å². The van der Waals surface area contributed by atoms with Crippen LogP contribution in [0.15, 0.2) is 0 Å². The van der Waals surface area contributed by atoms with Crippen molar-refractivity contribution in [1.82, 2.24) is 9.97 Å². The quantitative estimate of drug-likeness (QED) is 0.901. The Morgan fingerprint density at radius 2 is 1.95 bits per heavy atom. The average molecular weight is 265 g/mol. The summed E-state index contributed by atoms with van der Waals surface area (Å²) in [6, 6.07) is 0. The maximum absolute atomic E-state index is 6.02. The predicted octanol–water partition coefficient (Wildman–Crippen LogP) is 1.97. The molecular weight excluding hydrogens is 242 g/mol. The van der Waals surface area contributed by atoms with Gasteiger partial charge in [-0.15, -0.1) is 0 Å². The molecule has 0 amide bonds. The minimum absolute atomic E-state index is 0.432. The molecule has 2 rings (SSSR count). The Kier molecular flexibility index (Phi) is 4.37. The first-order valence-corrected chi connectivity index (χ1v) is 6.98. The Bertz CT molecular complexity index is 437. The summed E-state index contributed by atoms with van der Waals surface area (Å²) in [6.07, 6.45) is 2.42. The number of aromatic nitrogens is 2. The van der Waals surface area contributed by atoms with Gasteiger partial charge in [0.15, 0.2) is 5.82 Å². The van der Waals surface area contributed by atoms with Gasteiger partial charge in [0, 0.05) is 43.9 Å². The van der Waals surface area contributed by atoms with Crippen LogP contribution >= 0.6 is 0 Å². The molecule has 2 N–H and O–H groups in total. The summed E-state index contributed by atoms with van der Waals surface area (Å²) in [5, 5.41) is 0. The topological polar surface area (TPSA) is 70.3 Å². The lowest BCUT2D eigenvalue weighted by molar-refractivity contribution is -0.117. The van der Waals surface area contributed by atoms with Gasteiger partial charge in [-0.3, -0.25) is 0 Å². The number of ether oxygens (including phenoxy) is 2. The highest BCUT2D eigenvalue weighted by atomic mass is 16.5. The van der Waals surface area contributed by atoms with Gasteiger partial charge in [0.1, 0.15) is 11.4 Å². The van der Waals surface area contributed by atoms with Gasteiger partial charge in [0.25, 0.3) is 0 Å². The molecule has 0 spiro atoms. The zero-order chi connectivity index (χ0) is 13.9. The van der Waals surface area contributed by atoms with Crippen LogP contribution in [0.25, 0.3) is 0 Å². The molecular formula is C14H23N3O2. The van der Waals surface area contributed by atoms with Crippen LogP contribution in [0.3, 0.4) is 0 Å². The van der Waals surface area contributed by atoms with Crippen LogP contribution in [0.5, 0.6) is 0 Å². The van der Waals surface area contributed by atoms with Crippen molar-refractivity contribution in [2.75, 3.05) is 25.6 Å². The van der Waals surface area contributed by atoms with Crippen molar-refractivity contribution in [2.24, 2.45) is 0 Å². The van der Waals surface area contributed by atoms with E-state index in [9.17, 15) is 0 Å². The molecule has 5 nitrogen and oxygen atoms in total. The molecule has 0 radical (unpaired) electrons. The maximum atomic E-state index is 6.02. The number of rotatable bonds is 4. The smallest absolute Gasteiger partial charge is 0.163 e. The summed E-state index contributed by atoms with van der Waals surface area (Å²) in [5.74, 6) is 1.28. The largest absolute Gasteiger partial charge is 0.383 e. The lowest BCUT2D eigenvalue weighted by Gasteiger charge is -2.35.